The quantitative estimate of drug-likeness (QED) is 0.868. The van der Waals surface area contributed by atoms with E-state index in [0.717, 1.165) is 49.0 Å². The van der Waals surface area contributed by atoms with Crippen LogP contribution in [-0.4, -0.2) is 39.7 Å². The second-order valence-corrected chi connectivity index (χ2v) is 7.19. The molecule has 2 aliphatic heterocycles. The van der Waals surface area contributed by atoms with Gasteiger partial charge >= 0.3 is 0 Å². The summed E-state index contributed by atoms with van der Waals surface area (Å²) >= 11 is 0. The number of nitrogens with one attached hydrogen (secondary N) is 1. The molecule has 2 saturated heterocycles. The standard InChI is InChI=1S/C19H23N3O2/c1-11(23)17-10-20-18-5-3-4-16(18)19(17)21-13-8-14-6-7-15(9-13)22(14)12(2)24/h3-4,10,13-15H,5-9H2,1-2H3,(H,20,21)/t14-,15-/m0/s1. The Morgan fingerprint density at radius 2 is 1.92 bits per heavy atom. The Labute approximate surface area is 142 Å². The lowest BCUT2D eigenvalue weighted by molar-refractivity contribution is -0.133. The van der Waals surface area contributed by atoms with Gasteiger partial charge in [-0.3, -0.25) is 14.6 Å². The van der Waals surface area contributed by atoms with Gasteiger partial charge in [0.1, 0.15) is 0 Å². The zero-order valence-electron chi connectivity index (χ0n) is 14.2. The van der Waals surface area contributed by atoms with Gasteiger partial charge < -0.3 is 10.2 Å². The summed E-state index contributed by atoms with van der Waals surface area (Å²) in [6.45, 7) is 3.27. The van der Waals surface area contributed by atoms with Gasteiger partial charge in [0.2, 0.25) is 5.91 Å². The Morgan fingerprint density at radius 1 is 1.21 bits per heavy atom. The summed E-state index contributed by atoms with van der Waals surface area (Å²) in [5, 5.41) is 3.64. The van der Waals surface area contributed by atoms with Crippen LogP contribution in [0.4, 0.5) is 5.69 Å². The van der Waals surface area contributed by atoms with Crippen LogP contribution in [0.3, 0.4) is 0 Å². The van der Waals surface area contributed by atoms with E-state index in [4.69, 9.17) is 0 Å². The summed E-state index contributed by atoms with van der Waals surface area (Å²) in [7, 11) is 0. The van der Waals surface area contributed by atoms with Gasteiger partial charge in [0.05, 0.1) is 16.9 Å². The predicted octanol–water partition coefficient (Wildman–Crippen LogP) is 2.81. The first-order chi connectivity index (χ1) is 11.5. The molecular formula is C19H23N3O2. The molecule has 0 aromatic carbocycles. The minimum atomic E-state index is 0.0391. The van der Waals surface area contributed by atoms with Gasteiger partial charge in [-0.15, -0.1) is 0 Å². The van der Waals surface area contributed by atoms with E-state index in [9.17, 15) is 9.59 Å². The highest BCUT2D eigenvalue weighted by Crippen LogP contribution is 2.38. The highest BCUT2D eigenvalue weighted by atomic mass is 16.2. The summed E-state index contributed by atoms with van der Waals surface area (Å²) in [5.41, 5.74) is 3.69. The number of hydrogen-bond acceptors (Lipinski definition) is 4. The highest BCUT2D eigenvalue weighted by Gasteiger charge is 2.42. The Bertz CT molecular complexity index is 726. The van der Waals surface area contributed by atoms with E-state index >= 15 is 0 Å². The fraction of sp³-hybridized carbons (Fsp3) is 0.526. The van der Waals surface area contributed by atoms with Gasteiger partial charge in [0.15, 0.2) is 5.78 Å². The molecule has 4 rings (SSSR count). The molecule has 2 atom stereocenters. The number of piperidine rings is 1. The lowest BCUT2D eigenvalue weighted by Crippen LogP contribution is -2.49. The number of pyridine rings is 1. The number of anilines is 1. The normalized spacial score (nSPS) is 27.2. The molecule has 0 radical (unpaired) electrons. The molecule has 0 saturated carbocycles. The minimum absolute atomic E-state index is 0.0391. The van der Waals surface area contributed by atoms with Crippen molar-refractivity contribution < 1.29 is 9.59 Å². The van der Waals surface area contributed by atoms with Crippen molar-refractivity contribution in [2.24, 2.45) is 0 Å². The largest absolute Gasteiger partial charge is 0.381 e. The van der Waals surface area contributed by atoms with Crippen molar-refractivity contribution in [1.82, 2.24) is 9.88 Å². The van der Waals surface area contributed by atoms with Crippen LogP contribution in [0.5, 0.6) is 0 Å². The van der Waals surface area contributed by atoms with Gasteiger partial charge in [-0.1, -0.05) is 12.2 Å². The van der Waals surface area contributed by atoms with Crippen molar-refractivity contribution in [2.75, 3.05) is 5.32 Å². The maximum absolute atomic E-state index is 12.0. The van der Waals surface area contributed by atoms with Gasteiger partial charge in [-0.05, 0) is 32.6 Å². The van der Waals surface area contributed by atoms with E-state index < -0.39 is 0 Å². The number of hydrogen-bond donors (Lipinski definition) is 1. The first-order valence-electron chi connectivity index (χ1n) is 8.79. The Hall–Kier alpha value is -2.17. The number of Topliss-reactive ketones (excluding diaryl/α,β-unsaturated/α-hetero) is 1. The summed E-state index contributed by atoms with van der Waals surface area (Å²) in [6.07, 6.45) is 10.8. The van der Waals surface area contributed by atoms with E-state index in [1.807, 2.05) is 0 Å². The number of allylic oxidation sites excluding steroid dienone is 1. The molecule has 0 spiro atoms. The third-order valence-electron chi connectivity index (χ3n) is 5.62. The molecule has 3 aliphatic rings. The van der Waals surface area contributed by atoms with Crippen LogP contribution in [0.1, 0.15) is 61.1 Å². The number of aromatic nitrogens is 1. The maximum atomic E-state index is 12.0. The number of fused-ring (bicyclic) bond motifs is 3. The van der Waals surface area contributed by atoms with Gasteiger partial charge in [0.25, 0.3) is 0 Å². The van der Waals surface area contributed by atoms with Crippen LogP contribution >= 0.6 is 0 Å². The summed E-state index contributed by atoms with van der Waals surface area (Å²) < 4.78 is 0. The molecule has 0 unspecified atom stereocenters. The fourth-order valence-corrected chi connectivity index (χ4v) is 4.63. The van der Waals surface area contributed by atoms with E-state index in [0.29, 0.717) is 23.7 Å². The molecule has 1 aromatic rings. The summed E-state index contributed by atoms with van der Waals surface area (Å²) in [6, 6.07) is 0.978. The minimum Gasteiger partial charge on any atom is -0.381 e. The highest BCUT2D eigenvalue weighted by molar-refractivity contribution is 6.01. The Balaban J connectivity index is 1.61. The fourth-order valence-electron chi connectivity index (χ4n) is 4.63. The second-order valence-electron chi connectivity index (χ2n) is 7.19. The third kappa shape index (κ3) is 2.43. The molecular weight excluding hydrogens is 302 g/mol. The van der Waals surface area contributed by atoms with Crippen LogP contribution < -0.4 is 5.32 Å². The van der Waals surface area contributed by atoms with Crippen LogP contribution in [0, 0.1) is 0 Å². The molecule has 1 amide bonds. The number of amides is 1. The van der Waals surface area contributed by atoms with Crippen LogP contribution in [0.25, 0.3) is 6.08 Å². The average Bonchev–Trinajstić information content (AvgIpc) is 3.10. The molecule has 24 heavy (non-hydrogen) atoms. The SMILES string of the molecule is CC(=O)c1cnc2c(c1NC1C[C@@H]3CC[C@@H](C1)N3C(C)=O)C=CC2. The molecule has 1 aliphatic carbocycles. The molecule has 2 bridgehead atoms. The molecule has 1 N–H and O–H groups in total. The monoisotopic (exact) mass is 325 g/mol. The number of nitrogens with zero attached hydrogens (tertiary/aromatic N) is 2. The molecule has 2 fully saturated rings. The summed E-state index contributed by atoms with van der Waals surface area (Å²) in [4.78, 5) is 30.4. The maximum Gasteiger partial charge on any atom is 0.219 e. The molecule has 1 aromatic heterocycles. The first-order valence-corrected chi connectivity index (χ1v) is 8.79. The second kappa shape index (κ2) is 5.72. The van der Waals surface area contributed by atoms with E-state index in [-0.39, 0.29) is 11.7 Å². The Kier molecular flexibility index (Phi) is 3.66. The number of ketones is 1. The smallest absolute Gasteiger partial charge is 0.219 e. The molecule has 5 nitrogen and oxygen atoms in total. The van der Waals surface area contributed by atoms with Gasteiger partial charge in [-0.2, -0.15) is 0 Å². The van der Waals surface area contributed by atoms with Gasteiger partial charge in [-0.25, -0.2) is 0 Å². The third-order valence-corrected chi connectivity index (χ3v) is 5.62. The number of carbonyl (C=O) groups is 2. The number of carbonyl (C=O) groups excluding carboxylic acids is 2. The van der Waals surface area contributed by atoms with Crippen molar-refractivity contribution in [1.29, 1.82) is 0 Å². The van der Waals surface area contributed by atoms with Crippen molar-refractivity contribution in [3.8, 4) is 0 Å². The predicted molar refractivity (Wildman–Crippen MR) is 93.0 cm³/mol. The zero-order chi connectivity index (χ0) is 16.8. The molecule has 126 valence electrons. The van der Waals surface area contributed by atoms with Crippen molar-refractivity contribution >= 4 is 23.5 Å². The van der Waals surface area contributed by atoms with Crippen molar-refractivity contribution in [3.05, 3.63) is 29.1 Å². The first kappa shape index (κ1) is 15.4. The summed E-state index contributed by atoms with van der Waals surface area (Å²) in [5.74, 6) is 0.232. The molecule has 3 heterocycles. The number of rotatable bonds is 3. The van der Waals surface area contributed by atoms with Crippen LogP contribution in [0.2, 0.25) is 0 Å². The van der Waals surface area contributed by atoms with E-state index in [2.05, 4.69) is 27.4 Å². The van der Waals surface area contributed by atoms with E-state index in [1.165, 1.54) is 0 Å². The van der Waals surface area contributed by atoms with Crippen molar-refractivity contribution in [3.63, 3.8) is 0 Å². The van der Waals surface area contributed by atoms with Gasteiger partial charge in [0, 0.05) is 43.2 Å². The van der Waals surface area contributed by atoms with Crippen LogP contribution in [-0.2, 0) is 11.2 Å². The molecule has 5 heteroatoms. The lowest BCUT2D eigenvalue weighted by Gasteiger charge is -2.39. The van der Waals surface area contributed by atoms with Crippen LogP contribution in [0.15, 0.2) is 12.3 Å². The average molecular weight is 325 g/mol. The van der Waals surface area contributed by atoms with E-state index in [1.54, 1.807) is 20.0 Å². The van der Waals surface area contributed by atoms with Crippen molar-refractivity contribution in [2.45, 2.75) is 64.1 Å². The lowest BCUT2D eigenvalue weighted by atomic mass is 9.95. The zero-order valence-corrected chi connectivity index (χ0v) is 14.2. The topological polar surface area (TPSA) is 62.3 Å². The Morgan fingerprint density at radius 3 is 2.54 bits per heavy atom.